The van der Waals surface area contributed by atoms with E-state index in [0.717, 1.165) is 26.1 Å². The van der Waals surface area contributed by atoms with Crippen molar-refractivity contribution in [1.29, 1.82) is 0 Å². The van der Waals surface area contributed by atoms with Gasteiger partial charge in [-0.1, -0.05) is 6.92 Å². The van der Waals surface area contributed by atoms with Crippen LogP contribution < -0.4 is 10.6 Å². The molecule has 0 bridgehead atoms. The van der Waals surface area contributed by atoms with Crippen LogP contribution in [0.3, 0.4) is 0 Å². The summed E-state index contributed by atoms with van der Waals surface area (Å²) >= 11 is 0. The van der Waals surface area contributed by atoms with Crippen LogP contribution in [0.4, 0.5) is 0 Å². The van der Waals surface area contributed by atoms with Gasteiger partial charge in [0.2, 0.25) is 0 Å². The number of nitrogens with one attached hydrogen (secondary N) is 2. The normalized spacial score (nSPS) is 14.2. The molecule has 14 heavy (non-hydrogen) atoms. The van der Waals surface area contributed by atoms with E-state index in [0.29, 0.717) is 6.54 Å². The average Bonchev–Trinajstić information content (AvgIpc) is 2.09. The molecule has 0 aromatic carbocycles. The fraction of sp³-hybridized carbons (Fsp3) is 1.00. The molecule has 4 nitrogen and oxygen atoms in total. The second kappa shape index (κ2) is 7.20. The van der Waals surface area contributed by atoms with Gasteiger partial charge in [0.15, 0.2) is 9.84 Å². The van der Waals surface area contributed by atoms with Gasteiger partial charge in [-0.2, -0.15) is 0 Å². The number of hydrogen-bond donors (Lipinski definition) is 2. The molecular weight excluding hydrogens is 200 g/mol. The quantitative estimate of drug-likeness (QED) is 0.568. The Morgan fingerprint density at radius 3 is 2.21 bits per heavy atom. The van der Waals surface area contributed by atoms with E-state index < -0.39 is 9.84 Å². The first kappa shape index (κ1) is 13.9. The highest BCUT2D eigenvalue weighted by atomic mass is 32.2. The summed E-state index contributed by atoms with van der Waals surface area (Å²) in [4.78, 5) is 0. The topological polar surface area (TPSA) is 58.2 Å². The predicted octanol–water partition coefficient (Wildman–Crippen LogP) is 0.00870. The van der Waals surface area contributed by atoms with Crippen LogP contribution in [0.5, 0.6) is 0 Å². The van der Waals surface area contributed by atoms with Crippen molar-refractivity contribution in [2.75, 3.05) is 32.4 Å². The Hall–Kier alpha value is -0.130. The zero-order valence-corrected chi connectivity index (χ0v) is 10.2. The second-order valence-electron chi connectivity index (χ2n) is 3.59. The van der Waals surface area contributed by atoms with Gasteiger partial charge in [0.25, 0.3) is 0 Å². The molecule has 0 spiro atoms. The third-order valence-electron chi connectivity index (χ3n) is 2.07. The summed E-state index contributed by atoms with van der Waals surface area (Å²) in [5, 5.41) is 6.05. The van der Waals surface area contributed by atoms with Crippen LogP contribution in [-0.4, -0.2) is 46.1 Å². The van der Waals surface area contributed by atoms with Crippen molar-refractivity contribution in [1.82, 2.24) is 10.6 Å². The van der Waals surface area contributed by atoms with Crippen LogP contribution >= 0.6 is 0 Å². The fourth-order valence-electron chi connectivity index (χ4n) is 0.935. The molecule has 0 aromatic heterocycles. The Kier molecular flexibility index (Phi) is 7.13. The van der Waals surface area contributed by atoms with Gasteiger partial charge in [-0.05, 0) is 19.9 Å². The first-order valence-corrected chi connectivity index (χ1v) is 7.04. The molecular formula is C9H22N2O2S. The molecule has 0 aliphatic carbocycles. The van der Waals surface area contributed by atoms with Crippen LogP contribution in [-0.2, 0) is 9.84 Å². The summed E-state index contributed by atoms with van der Waals surface area (Å²) in [6, 6.07) is 0. The monoisotopic (exact) mass is 222 g/mol. The molecule has 0 saturated heterocycles. The van der Waals surface area contributed by atoms with Crippen LogP contribution in [0, 0.1) is 0 Å². The average molecular weight is 222 g/mol. The summed E-state index contributed by atoms with van der Waals surface area (Å²) in [6.07, 6.45) is 2.40. The van der Waals surface area contributed by atoms with Gasteiger partial charge in [-0.15, -0.1) is 0 Å². The molecule has 0 radical (unpaired) electrons. The molecule has 2 N–H and O–H groups in total. The van der Waals surface area contributed by atoms with Crippen LogP contribution in [0.15, 0.2) is 0 Å². The van der Waals surface area contributed by atoms with Gasteiger partial charge in [0, 0.05) is 25.9 Å². The minimum Gasteiger partial charge on any atom is -0.315 e. The highest BCUT2D eigenvalue weighted by Gasteiger charge is 2.13. The lowest BCUT2D eigenvalue weighted by Crippen LogP contribution is -2.35. The van der Waals surface area contributed by atoms with Crippen molar-refractivity contribution in [3.63, 3.8) is 0 Å². The van der Waals surface area contributed by atoms with E-state index in [9.17, 15) is 8.42 Å². The molecule has 86 valence electrons. The van der Waals surface area contributed by atoms with Gasteiger partial charge in [0.05, 0.1) is 5.25 Å². The first-order chi connectivity index (χ1) is 6.48. The lowest BCUT2D eigenvalue weighted by molar-refractivity contribution is 0.568. The summed E-state index contributed by atoms with van der Waals surface area (Å²) in [5.74, 6) is 0. The molecule has 0 saturated carbocycles. The van der Waals surface area contributed by atoms with Crippen molar-refractivity contribution in [3.05, 3.63) is 0 Å². The molecule has 0 aliphatic heterocycles. The number of hydrogen-bond acceptors (Lipinski definition) is 4. The minimum absolute atomic E-state index is 0.298. The maximum atomic E-state index is 11.0. The lowest BCUT2D eigenvalue weighted by Gasteiger charge is -2.10. The van der Waals surface area contributed by atoms with Gasteiger partial charge in [-0.25, -0.2) is 8.42 Å². The standard InChI is InChI=1S/C9H22N2O2S/c1-4-5-10-6-7-11-8-9(2)14(3,12)13/h9-11H,4-8H2,1-3H3. The molecule has 0 heterocycles. The molecule has 0 aliphatic rings. The Balaban J connectivity index is 3.37. The van der Waals surface area contributed by atoms with Gasteiger partial charge >= 0.3 is 0 Å². The smallest absolute Gasteiger partial charge is 0.151 e. The SMILES string of the molecule is CCCNCCNCC(C)S(C)(=O)=O. The van der Waals surface area contributed by atoms with Gasteiger partial charge in [-0.3, -0.25) is 0 Å². The first-order valence-electron chi connectivity index (χ1n) is 5.08. The minimum atomic E-state index is -2.88. The zero-order valence-electron chi connectivity index (χ0n) is 9.34. The van der Waals surface area contributed by atoms with Crippen molar-refractivity contribution in [2.45, 2.75) is 25.5 Å². The van der Waals surface area contributed by atoms with Gasteiger partial charge in [0.1, 0.15) is 0 Å². The van der Waals surface area contributed by atoms with E-state index in [2.05, 4.69) is 17.6 Å². The Labute approximate surface area is 87.4 Å². The molecule has 0 amide bonds. The number of rotatable bonds is 8. The van der Waals surface area contributed by atoms with E-state index in [1.54, 1.807) is 6.92 Å². The molecule has 0 rings (SSSR count). The molecule has 1 atom stereocenters. The second-order valence-corrected chi connectivity index (χ2v) is 6.06. The van der Waals surface area contributed by atoms with E-state index in [4.69, 9.17) is 0 Å². The highest BCUT2D eigenvalue weighted by molar-refractivity contribution is 7.91. The van der Waals surface area contributed by atoms with Crippen LogP contribution in [0.1, 0.15) is 20.3 Å². The Morgan fingerprint density at radius 2 is 1.71 bits per heavy atom. The number of sulfone groups is 1. The Bertz CT molecular complexity index is 227. The fourth-order valence-corrected chi connectivity index (χ4v) is 1.36. The lowest BCUT2D eigenvalue weighted by atomic mass is 10.4. The highest BCUT2D eigenvalue weighted by Crippen LogP contribution is 1.94. The largest absolute Gasteiger partial charge is 0.315 e. The molecule has 5 heteroatoms. The van der Waals surface area contributed by atoms with Crippen molar-refractivity contribution in [2.24, 2.45) is 0 Å². The third kappa shape index (κ3) is 7.29. The summed E-state index contributed by atoms with van der Waals surface area (Å²) < 4.78 is 22.1. The summed E-state index contributed by atoms with van der Waals surface area (Å²) in [5.41, 5.74) is 0. The van der Waals surface area contributed by atoms with Crippen LogP contribution in [0.2, 0.25) is 0 Å². The van der Waals surface area contributed by atoms with Gasteiger partial charge < -0.3 is 10.6 Å². The molecule has 0 aromatic rings. The maximum absolute atomic E-state index is 11.0. The summed E-state index contributed by atoms with van der Waals surface area (Å²) in [6.45, 7) is 7.11. The Morgan fingerprint density at radius 1 is 1.14 bits per heavy atom. The van der Waals surface area contributed by atoms with Crippen molar-refractivity contribution in [3.8, 4) is 0 Å². The summed E-state index contributed by atoms with van der Waals surface area (Å²) in [7, 11) is -2.88. The van der Waals surface area contributed by atoms with Crippen molar-refractivity contribution < 1.29 is 8.42 Å². The molecule has 1 unspecified atom stereocenters. The van der Waals surface area contributed by atoms with E-state index >= 15 is 0 Å². The van der Waals surface area contributed by atoms with E-state index in [1.807, 2.05) is 0 Å². The third-order valence-corrected chi connectivity index (χ3v) is 3.70. The predicted molar refractivity (Wildman–Crippen MR) is 60.3 cm³/mol. The maximum Gasteiger partial charge on any atom is 0.151 e. The van der Waals surface area contributed by atoms with Crippen molar-refractivity contribution >= 4 is 9.84 Å². The van der Waals surface area contributed by atoms with Crippen LogP contribution in [0.25, 0.3) is 0 Å². The zero-order chi connectivity index (χ0) is 11.0. The van der Waals surface area contributed by atoms with E-state index in [1.165, 1.54) is 6.26 Å². The van der Waals surface area contributed by atoms with E-state index in [-0.39, 0.29) is 5.25 Å². The molecule has 0 fully saturated rings.